The van der Waals surface area contributed by atoms with Crippen LogP contribution in [0.1, 0.15) is 78.1 Å². The van der Waals surface area contributed by atoms with Crippen LogP contribution in [0.15, 0.2) is 58.8 Å². The lowest BCUT2D eigenvalue weighted by atomic mass is 10.1. The van der Waals surface area contributed by atoms with E-state index < -0.39 is 4.92 Å². The van der Waals surface area contributed by atoms with Gasteiger partial charge in [-0.15, -0.1) is 0 Å². The summed E-state index contributed by atoms with van der Waals surface area (Å²) in [4.78, 5) is 12.6. The lowest BCUT2D eigenvalue weighted by molar-refractivity contribution is -0.384. The number of hydrogen-bond acceptors (Lipinski definition) is 6. The van der Waals surface area contributed by atoms with Gasteiger partial charge in [0.15, 0.2) is 0 Å². The molecule has 7 nitrogen and oxygen atoms in total. The highest BCUT2D eigenvalue weighted by Crippen LogP contribution is 2.23. The lowest BCUT2D eigenvalue weighted by Gasteiger charge is -2.23. The van der Waals surface area contributed by atoms with Gasteiger partial charge in [0.1, 0.15) is 0 Å². The number of benzene rings is 2. The average molecular weight is 483 g/mol. The Hall–Kier alpha value is -2.80. The van der Waals surface area contributed by atoms with Gasteiger partial charge in [0.2, 0.25) is 0 Å². The molecule has 0 aliphatic heterocycles. The van der Waals surface area contributed by atoms with Crippen molar-refractivity contribution in [1.29, 1.82) is 0 Å². The molecule has 7 heteroatoms. The van der Waals surface area contributed by atoms with Crippen LogP contribution in [0.5, 0.6) is 0 Å². The van der Waals surface area contributed by atoms with Gasteiger partial charge in [-0.05, 0) is 49.7 Å². The molecule has 2 aromatic rings. The molecule has 0 saturated carbocycles. The van der Waals surface area contributed by atoms with E-state index in [2.05, 4.69) is 29.0 Å². The average Bonchev–Trinajstić information content (AvgIpc) is 2.88. The number of rotatable bonds is 19. The first-order valence-electron chi connectivity index (χ1n) is 13.2. The molecule has 0 fully saturated rings. The Kier molecular flexibility index (Phi) is 14.3. The van der Waals surface area contributed by atoms with E-state index in [4.69, 9.17) is 4.74 Å². The highest BCUT2D eigenvalue weighted by Gasteiger charge is 2.05. The Morgan fingerprint density at radius 1 is 0.743 bits per heavy atom. The lowest BCUT2D eigenvalue weighted by Crippen LogP contribution is -2.27. The Balaban J connectivity index is 1.61. The van der Waals surface area contributed by atoms with Crippen LogP contribution in [0.3, 0.4) is 0 Å². The van der Waals surface area contributed by atoms with Crippen molar-refractivity contribution in [2.45, 2.75) is 78.1 Å². The summed E-state index contributed by atoms with van der Waals surface area (Å²) in [5, 5.41) is 19.1. The van der Waals surface area contributed by atoms with Crippen LogP contribution in [0.2, 0.25) is 0 Å². The number of likely N-dealkylation sites (N-methyl/N-ethyl adjacent to an activating group) is 1. The van der Waals surface area contributed by atoms with Crippen molar-refractivity contribution in [2.75, 3.05) is 31.2 Å². The zero-order chi connectivity index (χ0) is 25.1. The minimum absolute atomic E-state index is 0.0421. The van der Waals surface area contributed by atoms with E-state index in [0.29, 0.717) is 5.69 Å². The molecule has 0 bridgehead atoms. The van der Waals surface area contributed by atoms with E-state index in [1.807, 2.05) is 24.3 Å². The largest absolute Gasteiger partial charge is 0.380 e. The van der Waals surface area contributed by atoms with Gasteiger partial charge in [-0.1, -0.05) is 64.7 Å². The molecule has 0 amide bonds. The van der Waals surface area contributed by atoms with E-state index >= 15 is 0 Å². The Morgan fingerprint density at radius 3 is 1.77 bits per heavy atom. The van der Waals surface area contributed by atoms with Crippen molar-refractivity contribution in [3.63, 3.8) is 0 Å². The molecular weight excluding hydrogens is 440 g/mol. The Bertz CT molecular complexity index is 854. The summed E-state index contributed by atoms with van der Waals surface area (Å²) >= 11 is 0. The number of nitro groups is 1. The first-order chi connectivity index (χ1) is 17.1. The molecule has 0 aromatic heterocycles. The molecule has 0 N–H and O–H groups in total. The smallest absolute Gasteiger partial charge is 0.269 e. The van der Waals surface area contributed by atoms with Crippen LogP contribution in [0, 0.1) is 10.1 Å². The molecule has 2 rings (SSSR count). The number of nitrogens with zero attached hydrogens (tertiary/aromatic N) is 4. The normalized spacial score (nSPS) is 11.3. The molecule has 0 heterocycles. The van der Waals surface area contributed by atoms with E-state index in [-0.39, 0.29) is 5.69 Å². The molecule has 0 saturated heterocycles. The predicted molar refractivity (Wildman–Crippen MR) is 144 cm³/mol. The van der Waals surface area contributed by atoms with E-state index in [1.165, 1.54) is 69.9 Å². The van der Waals surface area contributed by atoms with E-state index in [0.717, 1.165) is 44.1 Å². The number of non-ortho nitro benzene ring substituents is 1. The number of nitro benzene ring substituents is 1. The Morgan fingerprint density at radius 2 is 1.26 bits per heavy atom. The molecule has 0 aliphatic rings. The standard InChI is InChI=1S/C28H42N4O3/c1-3-5-6-7-8-9-10-11-12-13-23-35-24-22-31(4-2)27-18-14-25(15-19-27)29-30-26-16-20-28(21-17-26)32(33)34/h14-21H,3-13,22-24H2,1-2H3. The SMILES string of the molecule is CCCCCCCCCCCCOCCN(CC)c1ccc(N=Nc2ccc([N+](=O)[O-])cc2)cc1. The van der Waals surface area contributed by atoms with Crippen LogP contribution in [-0.2, 0) is 4.74 Å². The summed E-state index contributed by atoms with van der Waals surface area (Å²) in [7, 11) is 0. The Labute approximate surface area is 210 Å². The van der Waals surface area contributed by atoms with Gasteiger partial charge in [-0.2, -0.15) is 10.2 Å². The first-order valence-corrected chi connectivity index (χ1v) is 13.2. The minimum atomic E-state index is -0.428. The maximum absolute atomic E-state index is 10.7. The van der Waals surface area contributed by atoms with Gasteiger partial charge in [-0.3, -0.25) is 10.1 Å². The zero-order valence-electron chi connectivity index (χ0n) is 21.5. The summed E-state index contributed by atoms with van der Waals surface area (Å²) in [6, 6.07) is 14.0. The van der Waals surface area contributed by atoms with Crippen molar-refractivity contribution in [3.8, 4) is 0 Å². The number of hydrogen-bond donors (Lipinski definition) is 0. The van der Waals surface area contributed by atoms with Crippen molar-refractivity contribution in [1.82, 2.24) is 0 Å². The number of unbranched alkanes of at least 4 members (excludes halogenated alkanes) is 9. The molecule has 0 spiro atoms. The third-order valence-corrected chi connectivity index (χ3v) is 6.09. The molecule has 192 valence electrons. The monoisotopic (exact) mass is 482 g/mol. The summed E-state index contributed by atoms with van der Waals surface area (Å²) in [6.45, 7) is 7.75. The minimum Gasteiger partial charge on any atom is -0.380 e. The summed E-state index contributed by atoms with van der Waals surface area (Å²) in [6.07, 6.45) is 13.4. The van der Waals surface area contributed by atoms with Gasteiger partial charge in [0.25, 0.3) is 5.69 Å². The van der Waals surface area contributed by atoms with Gasteiger partial charge in [-0.25, -0.2) is 0 Å². The number of anilines is 1. The van der Waals surface area contributed by atoms with E-state index in [9.17, 15) is 10.1 Å². The number of azo groups is 1. The second-order valence-electron chi connectivity index (χ2n) is 8.86. The van der Waals surface area contributed by atoms with Crippen LogP contribution in [0.25, 0.3) is 0 Å². The third kappa shape index (κ3) is 11.9. The van der Waals surface area contributed by atoms with Crippen LogP contribution in [0.4, 0.5) is 22.7 Å². The first kappa shape index (κ1) is 28.4. The fourth-order valence-corrected chi connectivity index (χ4v) is 3.92. The van der Waals surface area contributed by atoms with Gasteiger partial charge >= 0.3 is 0 Å². The van der Waals surface area contributed by atoms with Crippen LogP contribution < -0.4 is 4.90 Å². The second kappa shape index (κ2) is 17.6. The van der Waals surface area contributed by atoms with Crippen molar-refractivity contribution in [3.05, 3.63) is 58.6 Å². The second-order valence-corrected chi connectivity index (χ2v) is 8.86. The van der Waals surface area contributed by atoms with Crippen molar-refractivity contribution < 1.29 is 9.66 Å². The molecule has 0 atom stereocenters. The fraction of sp³-hybridized carbons (Fsp3) is 0.571. The molecule has 0 unspecified atom stereocenters. The topological polar surface area (TPSA) is 80.3 Å². The zero-order valence-corrected chi connectivity index (χ0v) is 21.5. The van der Waals surface area contributed by atoms with Gasteiger partial charge in [0.05, 0.1) is 22.9 Å². The highest BCUT2D eigenvalue weighted by atomic mass is 16.6. The molecule has 0 aliphatic carbocycles. The molecule has 2 aromatic carbocycles. The quantitative estimate of drug-likeness (QED) is 0.0867. The van der Waals surface area contributed by atoms with Gasteiger partial charge < -0.3 is 9.64 Å². The molecule has 35 heavy (non-hydrogen) atoms. The third-order valence-electron chi connectivity index (χ3n) is 6.09. The summed E-state index contributed by atoms with van der Waals surface area (Å²) in [5.41, 5.74) is 2.49. The predicted octanol–water partition coefficient (Wildman–Crippen LogP) is 8.77. The van der Waals surface area contributed by atoms with Crippen molar-refractivity contribution >= 4 is 22.7 Å². The van der Waals surface area contributed by atoms with Crippen LogP contribution in [-0.4, -0.2) is 31.2 Å². The van der Waals surface area contributed by atoms with Crippen molar-refractivity contribution in [2.24, 2.45) is 10.2 Å². The maximum atomic E-state index is 10.7. The number of ether oxygens (including phenoxy) is 1. The highest BCUT2D eigenvalue weighted by molar-refractivity contribution is 5.53. The maximum Gasteiger partial charge on any atom is 0.269 e. The van der Waals surface area contributed by atoms with Crippen LogP contribution >= 0.6 is 0 Å². The van der Waals surface area contributed by atoms with Gasteiger partial charge in [0, 0.05) is 37.5 Å². The molecular formula is C28H42N4O3. The summed E-state index contributed by atoms with van der Waals surface area (Å²) < 4.78 is 5.88. The fourth-order valence-electron chi connectivity index (χ4n) is 3.92. The molecule has 0 radical (unpaired) electrons. The van der Waals surface area contributed by atoms with E-state index in [1.54, 1.807) is 12.1 Å². The summed E-state index contributed by atoms with van der Waals surface area (Å²) in [5.74, 6) is 0.